The molecule has 0 radical (unpaired) electrons. The smallest absolute Gasteiger partial charge is 0.229 e. The molecule has 0 bridgehead atoms. The third-order valence-electron chi connectivity index (χ3n) is 2.83. The van der Waals surface area contributed by atoms with Gasteiger partial charge in [0.15, 0.2) is 9.84 Å². The summed E-state index contributed by atoms with van der Waals surface area (Å²) in [6.45, 7) is 1.83. The number of rotatable bonds is 4. The third kappa shape index (κ3) is 3.68. The quantitative estimate of drug-likeness (QED) is 0.944. The van der Waals surface area contributed by atoms with Gasteiger partial charge in [0.25, 0.3) is 0 Å². The van der Waals surface area contributed by atoms with Gasteiger partial charge in [-0.1, -0.05) is 12.1 Å². The van der Waals surface area contributed by atoms with Crippen molar-refractivity contribution in [1.82, 2.24) is 0 Å². The molecule has 0 aliphatic heterocycles. The second-order valence-electron chi connectivity index (χ2n) is 4.55. The van der Waals surface area contributed by atoms with Crippen molar-refractivity contribution >= 4 is 32.8 Å². The predicted octanol–water partition coefficient (Wildman–Crippen LogP) is 2.64. The molecule has 0 atom stereocenters. The Hall–Kier alpha value is -1.66. The van der Waals surface area contributed by atoms with E-state index in [0.29, 0.717) is 12.1 Å². The molecule has 0 spiro atoms. The molecular weight excluding hydrogens is 294 g/mol. The van der Waals surface area contributed by atoms with Crippen molar-refractivity contribution in [3.63, 3.8) is 0 Å². The van der Waals surface area contributed by atoms with E-state index in [4.69, 9.17) is 0 Å². The highest BCUT2D eigenvalue weighted by atomic mass is 32.2. The first-order valence-electron chi connectivity index (χ1n) is 5.99. The number of benzene rings is 1. The second-order valence-corrected chi connectivity index (χ2v) is 7.60. The first-order valence-corrected chi connectivity index (χ1v) is 8.76. The number of sulfone groups is 1. The van der Waals surface area contributed by atoms with Crippen molar-refractivity contribution in [3.05, 3.63) is 46.2 Å². The van der Waals surface area contributed by atoms with Gasteiger partial charge in [-0.25, -0.2) is 8.42 Å². The van der Waals surface area contributed by atoms with Crippen LogP contribution in [0.2, 0.25) is 0 Å². The summed E-state index contributed by atoms with van der Waals surface area (Å²) in [5.74, 6) is -0.152. The van der Waals surface area contributed by atoms with Crippen LogP contribution in [0.25, 0.3) is 0 Å². The Morgan fingerprint density at radius 3 is 2.65 bits per heavy atom. The minimum Gasteiger partial charge on any atom is -0.325 e. The Morgan fingerprint density at radius 2 is 2.05 bits per heavy atom. The molecule has 0 aliphatic rings. The van der Waals surface area contributed by atoms with Gasteiger partial charge < -0.3 is 5.32 Å². The van der Waals surface area contributed by atoms with Gasteiger partial charge in [-0.2, -0.15) is 0 Å². The number of carbonyl (C=O) groups excluding carboxylic acids is 1. The number of carbonyl (C=O) groups is 1. The highest BCUT2D eigenvalue weighted by molar-refractivity contribution is 7.90. The summed E-state index contributed by atoms with van der Waals surface area (Å²) in [6, 6.07) is 8.51. The lowest BCUT2D eigenvalue weighted by Crippen LogP contribution is -2.15. The minimum absolute atomic E-state index is 0.152. The van der Waals surface area contributed by atoms with E-state index in [1.807, 2.05) is 24.4 Å². The highest BCUT2D eigenvalue weighted by Crippen LogP contribution is 2.20. The Kier molecular flexibility index (Phi) is 4.25. The van der Waals surface area contributed by atoms with Crippen molar-refractivity contribution in [2.24, 2.45) is 0 Å². The largest absolute Gasteiger partial charge is 0.325 e. The molecular formula is C14H15NO3S2. The van der Waals surface area contributed by atoms with Crippen LogP contribution in [0.3, 0.4) is 0 Å². The number of hydrogen-bond acceptors (Lipinski definition) is 4. The van der Waals surface area contributed by atoms with Crippen molar-refractivity contribution in [2.45, 2.75) is 18.2 Å². The van der Waals surface area contributed by atoms with Crippen LogP contribution in [0.5, 0.6) is 0 Å². The molecule has 20 heavy (non-hydrogen) atoms. The molecule has 2 aromatic rings. The molecule has 4 nitrogen and oxygen atoms in total. The lowest BCUT2D eigenvalue weighted by molar-refractivity contribution is -0.115. The molecule has 0 saturated heterocycles. The van der Waals surface area contributed by atoms with Gasteiger partial charge in [0.2, 0.25) is 5.91 Å². The molecule has 1 aromatic heterocycles. The Bertz CT molecular complexity index is 719. The van der Waals surface area contributed by atoms with E-state index in [2.05, 4.69) is 5.32 Å². The maximum absolute atomic E-state index is 11.9. The molecule has 106 valence electrons. The van der Waals surface area contributed by atoms with Gasteiger partial charge >= 0.3 is 0 Å². The zero-order chi connectivity index (χ0) is 14.8. The summed E-state index contributed by atoms with van der Waals surface area (Å²) >= 11 is 1.52. The van der Waals surface area contributed by atoms with Gasteiger partial charge in [-0.3, -0.25) is 4.79 Å². The predicted molar refractivity (Wildman–Crippen MR) is 80.9 cm³/mol. The summed E-state index contributed by atoms with van der Waals surface area (Å²) in [4.78, 5) is 13.1. The van der Waals surface area contributed by atoms with Crippen molar-refractivity contribution in [3.8, 4) is 0 Å². The van der Waals surface area contributed by atoms with E-state index < -0.39 is 9.84 Å². The summed E-state index contributed by atoms with van der Waals surface area (Å²) in [5.41, 5.74) is 1.37. The van der Waals surface area contributed by atoms with E-state index in [1.165, 1.54) is 17.4 Å². The molecule has 0 fully saturated rings. The van der Waals surface area contributed by atoms with Gasteiger partial charge in [-0.05, 0) is 36.1 Å². The standard InChI is InChI=1S/C14H15NO3S2/c1-10-5-6-12(20(2,17)18)9-13(10)15-14(16)8-11-4-3-7-19-11/h3-7,9H,8H2,1-2H3,(H,15,16). The molecule has 1 N–H and O–H groups in total. The van der Waals surface area contributed by atoms with Crippen LogP contribution in [-0.2, 0) is 21.1 Å². The zero-order valence-electron chi connectivity index (χ0n) is 11.2. The topological polar surface area (TPSA) is 63.2 Å². The summed E-state index contributed by atoms with van der Waals surface area (Å²) in [5, 5.41) is 4.68. The number of thiophene rings is 1. The fourth-order valence-electron chi connectivity index (χ4n) is 1.73. The van der Waals surface area contributed by atoms with Gasteiger partial charge in [-0.15, -0.1) is 11.3 Å². The van der Waals surface area contributed by atoms with E-state index in [0.717, 1.165) is 16.7 Å². The van der Waals surface area contributed by atoms with Gasteiger partial charge in [0.05, 0.1) is 11.3 Å². The fraction of sp³-hybridized carbons (Fsp3) is 0.214. The monoisotopic (exact) mass is 309 g/mol. The van der Waals surface area contributed by atoms with Gasteiger partial charge in [0, 0.05) is 16.8 Å². The normalized spacial score (nSPS) is 11.3. The molecule has 2 rings (SSSR count). The number of amides is 1. The van der Waals surface area contributed by atoms with E-state index in [9.17, 15) is 13.2 Å². The fourth-order valence-corrected chi connectivity index (χ4v) is 3.08. The van der Waals surface area contributed by atoms with Gasteiger partial charge in [0.1, 0.15) is 0 Å². The zero-order valence-corrected chi connectivity index (χ0v) is 12.8. The number of nitrogens with one attached hydrogen (secondary N) is 1. The SMILES string of the molecule is Cc1ccc(S(C)(=O)=O)cc1NC(=O)Cc1cccs1. The van der Waals surface area contributed by atoms with Crippen LogP contribution >= 0.6 is 11.3 Å². The second kappa shape index (κ2) is 5.76. The van der Waals surface area contributed by atoms with Crippen molar-refractivity contribution < 1.29 is 13.2 Å². The molecule has 0 unspecified atom stereocenters. The average Bonchev–Trinajstić information content (AvgIpc) is 2.83. The number of aryl methyl sites for hydroxylation is 1. The molecule has 6 heteroatoms. The van der Waals surface area contributed by atoms with Crippen LogP contribution in [0.1, 0.15) is 10.4 Å². The van der Waals surface area contributed by atoms with Crippen LogP contribution in [-0.4, -0.2) is 20.6 Å². The molecule has 1 aromatic carbocycles. The van der Waals surface area contributed by atoms with E-state index >= 15 is 0 Å². The molecule has 1 heterocycles. The van der Waals surface area contributed by atoms with Crippen LogP contribution in [0.15, 0.2) is 40.6 Å². The average molecular weight is 309 g/mol. The summed E-state index contributed by atoms with van der Waals surface area (Å²) in [7, 11) is -3.28. The highest BCUT2D eigenvalue weighted by Gasteiger charge is 2.11. The molecule has 0 saturated carbocycles. The van der Waals surface area contributed by atoms with Crippen LogP contribution in [0, 0.1) is 6.92 Å². The Morgan fingerprint density at radius 1 is 1.30 bits per heavy atom. The van der Waals surface area contributed by atoms with E-state index in [1.54, 1.807) is 12.1 Å². The maximum atomic E-state index is 11.9. The van der Waals surface area contributed by atoms with Crippen molar-refractivity contribution in [2.75, 3.05) is 11.6 Å². The number of hydrogen-bond donors (Lipinski definition) is 1. The van der Waals surface area contributed by atoms with Crippen LogP contribution in [0.4, 0.5) is 5.69 Å². The Balaban J connectivity index is 2.18. The lowest BCUT2D eigenvalue weighted by Gasteiger charge is -2.09. The van der Waals surface area contributed by atoms with E-state index in [-0.39, 0.29) is 10.8 Å². The first-order chi connectivity index (χ1) is 9.36. The molecule has 1 amide bonds. The van der Waals surface area contributed by atoms with Crippen LogP contribution < -0.4 is 5.32 Å². The summed E-state index contributed by atoms with van der Waals surface area (Å²) in [6.07, 6.45) is 1.44. The third-order valence-corrected chi connectivity index (χ3v) is 4.81. The Labute approximate surface area is 122 Å². The number of anilines is 1. The first kappa shape index (κ1) is 14.7. The summed E-state index contributed by atoms with van der Waals surface area (Å²) < 4.78 is 23.1. The minimum atomic E-state index is -3.28. The molecule has 0 aliphatic carbocycles. The lowest BCUT2D eigenvalue weighted by atomic mass is 10.2. The maximum Gasteiger partial charge on any atom is 0.229 e. The van der Waals surface area contributed by atoms with Crippen molar-refractivity contribution in [1.29, 1.82) is 0 Å².